The number of nitrogens with two attached hydrogens (primary N) is 1. The number of anilines is 1. The minimum Gasteiger partial charge on any atom is -0.369 e. The molecule has 3 fully saturated rings. The van der Waals surface area contributed by atoms with Gasteiger partial charge in [-0.1, -0.05) is 0 Å². The molecule has 10 atom stereocenters. The quantitative estimate of drug-likeness (QED) is 0.167. The lowest BCUT2D eigenvalue weighted by molar-refractivity contribution is -0.0580. The van der Waals surface area contributed by atoms with E-state index in [0.29, 0.717) is 0 Å². The molecule has 0 radical (unpaired) electrons. The molecule has 47 heavy (non-hydrogen) atoms. The number of H-pyrrole nitrogens is 2. The standard InChI is InChI=1S/C22H25F2N9O12P2/c1-7-28-16-12(18(34)29-7)26-4-32(16)20-10(23)14-8(43-20)3-42-47(38,39)45-15-9(2-41-46(36,37)6-40-14)44-21(11(15)24)33-5-27-13-17(33)30-22(25)31-19(13)35/h4-5,8-11,14-15,20-21H,2-3,6H2,1H3,(H,36,37)(H,38,39)(H,28,29,34)(H3,25,30,31,35)/t8-,9-,10+,11+,14?,15?,20-,21-/m1/s1. The van der Waals surface area contributed by atoms with Gasteiger partial charge in [-0.3, -0.25) is 37.3 Å². The van der Waals surface area contributed by atoms with Gasteiger partial charge >= 0.3 is 15.4 Å². The smallest absolute Gasteiger partial charge is 0.369 e. The van der Waals surface area contributed by atoms with Crippen LogP contribution < -0.4 is 16.9 Å². The van der Waals surface area contributed by atoms with Crippen molar-refractivity contribution < 1.29 is 55.5 Å². The van der Waals surface area contributed by atoms with Crippen LogP contribution in [0.4, 0.5) is 14.7 Å². The molecule has 3 aliphatic heterocycles. The molecule has 3 aliphatic rings. The first kappa shape index (κ1) is 32.1. The number of fused-ring (bicyclic) bond motifs is 4. The maximum Gasteiger partial charge on any atom is 0.472 e. The second-order valence-corrected chi connectivity index (χ2v) is 14.0. The van der Waals surface area contributed by atoms with E-state index < -0.39 is 95.3 Å². The highest BCUT2D eigenvalue weighted by Crippen LogP contribution is 2.52. The van der Waals surface area contributed by atoms with E-state index in [1.165, 1.54) is 6.92 Å². The minimum absolute atomic E-state index is 0.0510. The van der Waals surface area contributed by atoms with Crippen LogP contribution in [0.25, 0.3) is 22.3 Å². The van der Waals surface area contributed by atoms with E-state index in [-0.39, 0.29) is 34.1 Å². The number of phosphoric ester groups is 1. The van der Waals surface area contributed by atoms with E-state index in [1.807, 2.05) is 0 Å². The van der Waals surface area contributed by atoms with E-state index in [4.69, 9.17) is 33.5 Å². The minimum atomic E-state index is -5.22. The van der Waals surface area contributed by atoms with Gasteiger partial charge in [0.2, 0.25) is 5.95 Å². The number of ether oxygens (including phenoxy) is 3. The summed E-state index contributed by atoms with van der Waals surface area (Å²) in [6.07, 6.45) is -13.5. The SMILES string of the molecule is Cc1nc2c(ncn2[C@@H]2O[C@@H]3COP(=O)(O)OC4[C@@H](COP(=O)(O)COC3[C@@H]2F)O[C@@H](n2cnc3c(=O)[nH]c(N)nc32)[C@H]4F)c(=O)[nH]1. The first-order valence-corrected chi connectivity index (χ1v) is 17.0. The Hall–Kier alpha value is -3.50. The van der Waals surface area contributed by atoms with Crippen molar-refractivity contribution in [1.29, 1.82) is 0 Å². The largest absolute Gasteiger partial charge is 0.472 e. The molecule has 4 aromatic rings. The number of alkyl halides is 2. The highest BCUT2D eigenvalue weighted by Gasteiger charge is 2.53. The first-order valence-electron chi connectivity index (χ1n) is 13.7. The summed E-state index contributed by atoms with van der Waals surface area (Å²) in [6.45, 7) is -0.281. The Morgan fingerprint density at radius 2 is 1.45 bits per heavy atom. The van der Waals surface area contributed by atoms with Crippen molar-refractivity contribution in [2.24, 2.45) is 0 Å². The molecule has 0 saturated carbocycles. The number of hydrogen-bond acceptors (Lipinski definition) is 15. The molecular formula is C22H25F2N9O12P2. The predicted octanol–water partition coefficient (Wildman–Crippen LogP) is -0.325. The molecule has 7 heterocycles. The lowest BCUT2D eigenvalue weighted by Gasteiger charge is -2.23. The summed E-state index contributed by atoms with van der Waals surface area (Å²) in [5.41, 5.74) is 3.67. The van der Waals surface area contributed by atoms with E-state index >= 15 is 8.78 Å². The van der Waals surface area contributed by atoms with Crippen molar-refractivity contribution in [1.82, 2.24) is 39.0 Å². The number of imidazole rings is 2. The average Bonchev–Trinajstić information content (AvgIpc) is 3.74. The number of rotatable bonds is 2. The number of aromatic amines is 2. The molecule has 4 unspecified atom stereocenters. The fourth-order valence-electron chi connectivity index (χ4n) is 5.54. The highest BCUT2D eigenvalue weighted by molar-refractivity contribution is 7.52. The molecule has 0 spiro atoms. The number of aryl methyl sites for hydroxylation is 1. The van der Waals surface area contributed by atoms with E-state index in [2.05, 4.69) is 29.9 Å². The van der Waals surface area contributed by atoms with Gasteiger partial charge in [-0.05, 0) is 6.92 Å². The van der Waals surface area contributed by atoms with Gasteiger partial charge in [0.25, 0.3) is 11.1 Å². The van der Waals surface area contributed by atoms with Gasteiger partial charge in [-0.2, -0.15) is 4.98 Å². The van der Waals surface area contributed by atoms with Gasteiger partial charge in [0, 0.05) is 0 Å². The molecule has 6 N–H and O–H groups in total. The summed E-state index contributed by atoms with van der Waals surface area (Å²) in [4.78, 5) is 66.2. The lowest BCUT2D eigenvalue weighted by Crippen LogP contribution is -2.35. The second-order valence-electron chi connectivity index (χ2n) is 10.8. The summed E-state index contributed by atoms with van der Waals surface area (Å²) in [6, 6.07) is 0. The number of halogens is 2. The Bertz CT molecular complexity index is 2070. The zero-order valence-electron chi connectivity index (χ0n) is 23.8. The third-order valence-corrected chi connectivity index (χ3v) is 9.62. The predicted molar refractivity (Wildman–Crippen MR) is 149 cm³/mol. The van der Waals surface area contributed by atoms with Crippen LogP contribution in [0, 0.1) is 6.92 Å². The van der Waals surface area contributed by atoms with Gasteiger partial charge in [0.15, 0.2) is 47.1 Å². The van der Waals surface area contributed by atoms with Crippen molar-refractivity contribution in [3.8, 4) is 0 Å². The maximum atomic E-state index is 16.0. The Kier molecular flexibility index (Phi) is 7.90. The third-order valence-electron chi connectivity index (χ3n) is 7.61. The zero-order valence-corrected chi connectivity index (χ0v) is 25.6. The molecule has 0 aromatic carbocycles. The van der Waals surface area contributed by atoms with Gasteiger partial charge in [0.1, 0.15) is 36.6 Å². The number of nitrogens with one attached hydrogen (secondary N) is 2. The molecular weight excluding hydrogens is 682 g/mol. The van der Waals surface area contributed by atoms with E-state index in [0.717, 1.165) is 21.8 Å². The van der Waals surface area contributed by atoms with Crippen LogP contribution >= 0.6 is 15.4 Å². The average molecular weight is 707 g/mol. The second kappa shape index (κ2) is 11.6. The van der Waals surface area contributed by atoms with Crippen LogP contribution in [-0.4, -0.2) is 105 Å². The maximum absolute atomic E-state index is 16.0. The van der Waals surface area contributed by atoms with Crippen molar-refractivity contribution >= 4 is 43.7 Å². The van der Waals surface area contributed by atoms with Crippen LogP contribution in [0.3, 0.4) is 0 Å². The first-order chi connectivity index (χ1) is 22.2. The summed E-state index contributed by atoms with van der Waals surface area (Å²) < 4.78 is 92.1. The van der Waals surface area contributed by atoms with E-state index in [1.54, 1.807) is 0 Å². The van der Waals surface area contributed by atoms with Crippen LogP contribution in [0.5, 0.6) is 0 Å². The van der Waals surface area contributed by atoms with Crippen molar-refractivity contribution in [2.45, 2.75) is 56.1 Å². The van der Waals surface area contributed by atoms with Gasteiger partial charge < -0.3 is 39.2 Å². The number of phosphoric acid groups is 1. The molecule has 3 saturated heterocycles. The van der Waals surface area contributed by atoms with Gasteiger partial charge in [-0.15, -0.1) is 0 Å². The Balaban J connectivity index is 1.17. The molecule has 21 nitrogen and oxygen atoms in total. The monoisotopic (exact) mass is 707 g/mol. The molecule has 0 amide bonds. The van der Waals surface area contributed by atoms with Crippen LogP contribution in [-0.2, 0) is 36.9 Å². The number of aromatic nitrogens is 8. The summed E-state index contributed by atoms with van der Waals surface area (Å²) in [5, 5.41) is 0. The van der Waals surface area contributed by atoms with Crippen molar-refractivity contribution in [3.05, 3.63) is 39.2 Å². The molecule has 0 aliphatic carbocycles. The summed E-state index contributed by atoms with van der Waals surface area (Å²) in [5.74, 6) is -0.130. The lowest BCUT2D eigenvalue weighted by atomic mass is 10.1. The van der Waals surface area contributed by atoms with Crippen molar-refractivity contribution in [3.63, 3.8) is 0 Å². The van der Waals surface area contributed by atoms with Crippen LogP contribution in [0.15, 0.2) is 22.2 Å². The highest BCUT2D eigenvalue weighted by atomic mass is 31.2. The molecule has 25 heteroatoms. The summed E-state index contributed by atoms with van der Waals surface area (Å²) >= 11 is 0. The topological polar surface area (TPSA) is 283 Å². The zero-order chi connectivity index (χ0) is 33.4. The number of hydrogen-bond donors (Lipinski definition) is 5. The molecule has 254 valence electrons. The fourth-order valence-corrected chi connectivity index (χ4v) is 7.31. The van der Waals surface area contributed by atoms with Crippen molar-refractivity contribution in [2.75, 3.05) is 25.3 Å². The van der Waals surface area contributed by atoms with Crippen LogP contribution in [0.2, 0.25) is 0 Å². The molecule has 0 bridgehead atoms. The summed E-state index contributed by atoms with van der Waals surface area (Å²) in [7, 11) is -9.96. The van der Waals surface area contributed by atoms with Gasteiger partial charge in [0.05, 0.1) is 25.9 Å². The molecule has 4 aromatic heterocycles. The van der Waals surface area contributed by atoms with Crippen LogP contribution in [0.1, 0.15) is 18.3 Å². The normalized spacial score (nSPS) is 36.9. The number of nitrogen functional groups attached to an aromatic ring is 1. The van der Waals surface area contributed by atoms with Gasteiger partial charge in [-0.25, -0.2) is 28.3 Å². The third kappa shape index (κ3) is 5.81. The Labute approximate surface area is 259 Å². The number of nitrogens with zero attached hydrogens (tertiary/aromatic N) is 6. The Morgan fingerprint density at radius 1 is 0.894 bits per heavy atom. The fraction of sp³-hybridized carbons (Fsp3) is 0.545. The van der Waals surface area contributed by atoms with E-state index in [9.17, 15) is 28.5 Å². The molecule has 7 rings (SSSR count). The Morgan fingerprint density at radius 3 is 2.11 bits per heavy atom.